The third-order valence-electron chi connectivity index (χ3n) is 2.77. The molecule has 0 bridgehead atoms. The number of aromatic nitrogens is 2. The van der Waals surface area contributed by atoms with Gasteiger partial charge in [-0.2, -0.15) is 0 Å². The quantitative estimate of drug-likeness (QED) is 0.603. The van der Waals surface area contributed by atoms with Crippen molar-refractivity contribution in [1.29, 1.82) is 0 Å². The first kappa shape index (κ1) is 12.4. The van der Waals surface area contributed by atoms with E-state index in [1.165, 1.54) is 0 Å². The van der Waals surface area contributed by atoms with Crippen molar-refractivity contribution >= 4 is 22.6 Å². The molecule has 2 rings (SSSR count). The Hall–Kier alpha value is -1.06. The van der Waals surface area contributed by atoms with Gasteiger partial charge in [-0.05, 0) is 25.5 Å². The molecule has 0 amide bonds. The van der Waals surface area contributed by atoms with Crippen molar-refractivity contribution < 1.29 is 4.74 Å². The molecule has 0 aliphatic heterocycles. The molecule has 17 heavy (non-hydrogen) atoms. The van der Waals surface area contributed by atoms with Crippen LogP contribution in [0.5, 0.6) is 0 Å². The van der Waals surface area contributed by atoms with Gasteiger partial charge >= 0.3 is 0 Å². The van der Waals surface area contributed by atoms with Crippen LogP contribution in [0.2, 0.25) is 0 Å². The first-order chi connectivity index (χ1) is 8.24. The van der Waals surface area contributed by atoms with E-state index in [0.29, 0.717) is 0 Å². The number of hydrogen-bond acceptors (Lipinski definition) is 2. The monoisotopic (exact) mass is 252 g/mol. The van der Waals surface area contributed by atoms with Crippen LogP contribution in [-0.4, -0.2) is 23.3 Å². The summed E-state index contributed by atoms with van der Waals surface area (Å²) >= 11 is 6.18. The van der Waals surface area contributed by atoms with Crippen molar-refractivity contribution in [1.82, 2.24) is 9.55 Å². The van der Waals surface area contributed by atoms with Crippen LogP contribution in [0.4, 0.5) is 0 Å². The van der Waals surface area contributed by atoms with Gasteiger partial charge in [0, 0.05) is 20.3 Å². The maximum Gasteiger partial charge on any atom is 0.127 e. The van der Waals surface area contributed by atoms with Crippen LogP contribution in [-0.2, 0) is 11.3 Å². The molecule has 0 radical (unpaired) electrons. The largest absolute Gasteiger partial charge is 0.385 e. The average molecular weight is 253 g/mol. The molecule has 1 aromatic heterocycles. The highest BCUT2D eigenvalue weighted by Crippen LogP contribution is 2.24. The molecule has 0 aliphatic rings. The standard InChI is InChI=1S/C13H17ClN2O/c1-10(14)13-15-11-6-3-4-7-12(11)16(13)8-5-9-17-2/h3-4,6-7,10H,5,8-9H2,1-2H3. The van der Waals surface area contributed by atoms with Crippen LogP contribution >= 0.6 is 11.6 Å². The number of benzene rings is 1. The number of imidazole rings is 1. The summed E-state index contributed by atoms with van der Waals surface area (Å²) in [7, 11) is 1.72. The fourth-order valence-corrected chi connectivity index (χ4v) is 2.17. The predicted molar refractivity (Wildman–Crippen MR) is 70.5 cm³/mol. The number of methoxy groups -OCH3 is 1. The average Bonchev–Trinajstić information content (AvgIpc) is 2.69. The predicted octanol–water partition coefficient (Wildman–Crippen LogP) is 3.37. The molecule has 3 nitrogen and oxygen atoms in total. The summed E-state index contributed by atoms with van der Waals surface area (Å²) in [4.78, 5) is 4.58. The summed E-state index contributed by atoms with van der Waals surface area (Å²) in [5, 5.41) is -0.0788. The number of nitrogens with zero attached hydrogens (tertiary/aromatic N) is 2. The molecule has 0 fully saturated rings. The van der Waals surface area contributed by atoms with Gasteiger partial charge in [-0.25, -0.2) is 4.98 Å². The zero-order valence-electron chi connectivity index (χ0n) is 10.2. The van der Waals surface area contributed by atoms with Crippen LogP contribution < -0.4 is 0 Å². The van der Waals surface area contributed by atoms with Crippen molar-refractivity contribution in [3.63, 3.8) is 0 Å². The first-order valence-electron chi connectivity index (χ1n) is 5.82. The third kappa shape index (κ3) is 2.61. The van der Waals surface area contributed by atoms with Gasteiger partial charge in [0.2, 0.25) is 0 Å². The second-order valence-corrected chi connectivity index (χ2v) is 4.73. The second-order valence-electron chi connectivity index (χ2n) is 4.07. The van der Waals surface area contributed by atoms with Gasteiger partial charge < -0.3 is 9.30 Å². The molecule has 0 saturated carbocycles. The van der Waals surface area contributed by atoms with E-state index in [0.717, 1.165) is 36.4 Å². The smallest absolute Gasteiger partial charge is 0.127 e. The van der Waals surface area contributed by atoms with E-state index < -0.39 is 0 Å². The summed E-state index contributed by atoms with van der Waals surface area (Å²) < 4.78 is 7.27. The lowest BCUT2D eigenvalue weighted by molar-refractivity contribution is 0.190. The van der Waals surface area contributed by atoms with Crippen molar-refractivity contribution in [2.75, 3.05) is 13.7 Å². The van der Waals surface area contributed by atoms with E-state index in [1.807, 2.05) is 25.1 Å². The van der Waals surface area contributed by atoms with Crippen molar-refractivity contribution in [3.8, 4) is 0 Å². The first-order valence-corrected chi connectivity index (χ1v) is 6.26. The molecule has 1 aromatic carbocycles. The van der Waals surface area contributed by atoms with Gasteiger partial charge in [0.05, 0.1) is 16.4 Å². The highest BCUT2D eigenvalue weighted by molar-refractivity contribution is 6.20. The van der Waals surface area contributed by atoms with Crippen LogP contribution in [0.15, 0.2) is 24.3 Å². The SMILES string of the molecule is COCCCn1c(C(C)Cl)nc2ccccc21. The molecule has 0 N–H and O–H groups in total. The summed E-state index contributed by atoms with van der Waals surface area (Å²) in [6.07, 6.45) is 0.966. The Balaban J connectivity index is 2.37. The van der Waals surface area contributed by atoms with E-state index in [2.05, 4.69) is 15.6 Å². The van der Waals surface area contributed by atoms with E-state index in [4.69, 9.17) is 16.3 Å². The second kappa shape index (κ2) is 5.52. The van der Waals surface area contributed by atoms with Gasteiger partial charge in [0.1, 0.15) is 5.82 Å². The molecule has 2 aromatic rings. The van der Waals surface area contributed by atoms with Gasteiger partial charge in [-0.15, -0.1) is 11.6 Å². The Morgan fingerprint density at radius 1 is 1.41 bits per heavy atom. The zero-order chi connectivity index (χ0) is 12.3. The Labute approximate surface area is 106 Å². The van der Waals surface area contributed by atoms with Crippen LogP contribution in [0.25, 0.3) is 11.0 Å². The van der Waals surface area contributed by atoms with Crippen molar-refractivity contribution in [2.24, 2.45) is 0 Å². The third-order valence-corrected chi connectivity index (χ3v) is 2.97. The molecule has 1 unspecified atom stereocenters. The molecule has 4 heteroatoms. The lowest BCUT2D eigenvalue weighted by Crippen LogP contribution is -2.06. The van der Waals surface area contributed by atoms with E-state index in [1.54, 1.807) is 7.11 Å². The Kier molecular flexibility index (Phi) is 4.02. The number of aryl methyl sites for hydroxylation is 1. The molecule has 0 saturated heterocycles. The highest BCUT2D eigenvalue weighted by atomic mass is 35.5. The fourth-order valence-electron chi connectivity index (χ4n) is 2.00. The lowest BCUT2D eigenvalue weighted by Gasteiger charge is -2.09. The van der Waals surface area contributed by atoms with E-state index >= 15 is 0 Å². The Morgan fingerprint density at radius 2 is 2.18 bits per heavy atom. The van der Waals surface area contributed by atoms with E-state index in [9.17, 15) is 0 Å². The molecule has 1 atom stereocenters. The maximum absolute atomic E-state index is 6.18. The van der Waals surface area contributed by atoms with E-state index in [-0.39, 0.29) is 5.38 Å². The van der Waals surface area contributed by atoms with Crippen LogP contribution in [0, 0.1) is 0 Å². The fraction of sp³-hybridized carbons (Fsp3) is 0.462. The van der Waals surface area contributed by atoms with Gasteiger partial charge in [0.15, 0.2) is 0 Å². The molecule has 0 spiro atoms. The minimum absolute atomic E-state index is 0.0788. The number of hydrogen-bond donors (Lipinski definition) is 0. The lowest BCUT2D eigenvalue weighted by atomic mass is 10.3. The Bertz CT molecular complexity index is 493. The zero-order valence-corrected chi connectivity index (χ0v) is 10.9. The minimum Gasteiger partial charge on any atom is -0.385 e. The molecular formula is C13H17ClN2O. The summed E-state index contributed by atoms with van der Waals surface area (Å²) in [5.74, 6) is 0.934. The highest BCUT2D eigenvalue weighted by Gasteiger charge is 2.13. The maximum atomic E-state index is 6.18. The van der Waals surface area contributed by atoms with Crippen LogP contribution in [0.3, 0.4) is 0 Å². The van der Waals surface area contributed by atoms with Gasteiger partial charge in [-0.1, -0.05) is 12.1 Å². The van der Waals surface area contributed by atoms with Crippen molar-refractivity contribution in [3.05, 3.63) is 30.1 Å². The molecule has 92 valence electrons. The van der Waals surface area contributed by atoms with Gasteiger partial charge in [-0.3, -0.25) is 0 Å². The number of rotatable bonds is 5. The minimum atomic E-state index is -0.0788. The number of halogens is 1. The molecule has 0 aliphatic carbocycles. The topological polar surface area (TPSA) is 27.1 Å². The number of alkyl halides is 1. The Morgan fingerprint density at radius 3 is 2.88 bits per heavy atom. The van der Waals surface area contributed by atoms with Crippen molar-refractivity contribution in [2.45, 2.75) is 25.3 Å². The number of ether oxygens (including phenoxy) is 1. The summed E-state index contributed by atoms with van der Waals surface area (Å²) in [5.41, 5.74) is 2.15. The molecule has 1 heterocycles. The van der Waals surface area contributed by atoms with Gasteiger partial charge in [0.25, 0.3) is 0 Å². The summed E-state index contributed by atoms with van der Waals surface area (Å²) in [6.45, 7) is 3.60. The van der Waals surface area contributed by atoms with Crippen LogP contribution in [0.1, 0.15) is 24.5 Å². The number of fused-ring (bicyclic) bond motifs is 1. The number of para-hydroxylation sites is 2. The summed E-state index contributed by atoms with van der Waals surface area (Å²) in [6, 6.07) is 8.12. The normalized spacial score (nSPS) is 13.1. The molecular weight excluding hydrogens is 236 g/mol.